The van der Waals surface area contributed by atoms with Gasteiger partial charge in [0.2, 0.25) is 5.91 Å². The first-order valence-corrected chi connectivity index (χ1v) is 12.7. The summed E-state index contributed by atoms with van der Waals surface area (Å²) in [6.07, 6.45) is 1.23. The fraction of sp³-hybridized carbons (Fsp3) is 0.310. The maximum absolute atomic E-state index is 13.6. The second-order valence-electron chi connectivity index (χ2n) is 8.63. The molecule has 35 heavy (non-hydrogen) atoms. The molecule has 184 valence electrons. The average Bonchev–Trinajstić information content (AvgIpc) is 2.86. The molecule has 0 saturated carbocycles. The fourth-order valence-corrected chi connectivity index (χ4v) is 4.30. The number of carbonyl (C=O) groups is 2. The van der Waals surface area contributed by atoms with E-state index in [1.54, 1.807) is 4.90 Å². The minimum Gasteiger partial charge on any atom is -0.483 e. The molecule has 0 aliphatic heterocycles. The van der Waals surface area contributed by atoms with Gasteiger partial charge < -0.3 is 15.0 Å². The van der Waals surface area contributed by atoms with Crippen molar-refractivity contribution in [3.8, 4) is 5.75 Å². The molecule has 3 aromatic carbocycles. The summed E-state index contributed by atoms with van der Waals surface area (Å²) in [6, 6.07) is 22.7. The number of benzene rings is 3. The van der Waals surface area contributed by atoms with Crippen LogP contribution in [0.25, 0.3) is 0 Å². The maximum Gasteiger partial charge on any atom is 0.261 e. The lowest BCUT2D eigenvalue weighted by molar-refractivity contribution is -0.142. The van der Waals surface area contributed by atoms with E-state index in [2.05, 4.69) is 21.2 Å². The van der Waals surface area contributed by atoms with E-state index in [0.29, 0.717) is 25.3 Å². The Balaban J connectivity index is 1.91. The van der Waals surface area contributed by atoms with Gasteiger partial charge >= 0.3 is 0 Å². The molecule has 0 aromatic heterocycles. The van der Waals surface area contributed by atoms with E-state index in [1.807, 2.05) is 93.6 Å². The lowest BCUT2D eigenvalue weighted by Crippen LogP contribution is -2.51. The van der Waals surface area contributed by atoms with Gasteiger partial charge in [-0.2, -0.15) is 0 Å². The summed E-state index contributed by atoms with van der Waals surface area (Å²) in [4.78, 5) is 28.6. The molecule has 3 aromatic rings. The van der Waals surface area contributed by atoms with Crippen molar-refractivity contribution in [3.05, 3.63) is 99.5 Å². The fourth-order valence-electron chi connectivity index (χ4n) is 3.85. The Morgan fingerprint density at radius 1 is 0.971 bits per heavy atom. The second-order valence-corrected chi connectivity index (χ2v) is 9.55. The molecule has 0 fully saturated rings. The van der Waals surface area contributed by atoms with Crippen LogP contribution < -0.4 is 10.1 Å². The van der Waals surface area contributed by atoms with Crippen molar-refractivity contribution in [2.24, 2.45) is 0 Å². The van der Waals surface area contributed by atoms with Crippen LogP contribution in [0.1, 0.15) is 35.6 Å². The molecule has 2 amide bonds. The van der Waals surface area contributed by atoms with E-state index in [1.165, 1.54) is 0 Å². The van der Waals surface area contributed by atoms with Gasteiger partial charge in [0.05, 0.1) is 0 Å². The summed E-state index contributed by atoms with van der Waals surface area (Å²) in [5, 5.41) is 2.99. The lowest BCUT2D eigenvalue weighted by atomic mass is 10.0. The summed E-state index contributed by atoms with van der Waals surface area (Å²) in [5.41, 5.74) is 4.02. The highest BCUT2D eigenvalue weighted by molar-refractivity contribution is 9.10. The second kappa shape index (κ2) is 13.1. The molecule has 0 bridgehead atoms. The third kappa shape index (κ3) is 7.69. The summed E-state index contributed by atoms with van der Waals surface area (Å²) in [7, 11) is 0. The molecule has 0 heterocycles. The Morgan fingerprint density at radius 3 is 2.40 bits per heavy atom. The molecule has 0 unspecified atom stereocenters. The van der Waals surface area contributed by atoms with Crippen molar-refractivity contribution in [1.29, 1.82) is 0 Å². The van der Waals surface area contributed by atoms with Gasteiger partial charge in [-0.25, -0.2) is 0 Å². The van der Waals surface area contributed by atoms with Crippen LogP contribution in [-0.4, -0.2) is 35.9 Å². The van der Waals surface area contributed by atoms with Gasteiger partial charge in [0.1, 0.15) is 11.8 Å². The third-order valence-corrected chi connectivity index (χ3v) is 6.46. The molecular weight excluding hydrogens is 504 g/mol. The van der Waals surface area contributed by atoms with Crippen LogP contribution >= 0.6 is 15.9 Å². The Hall–Kier alpha value is -3.12. The summed E-state index contributed by atoms with van der Waals surface area (Å²) < 4.78 is 6.87. The van der Waals surface area contributed by atoms with Crippen LogP contribution in [0.15, 0.2) is 77.3 Å². The molecule has 0 spiro atoms. The number of ether oxygens (including phenoxy) is 1. The van der Waals surface area contributed by atoms with Crippen molar-refractivity contribution in [2.75, 3.05) is 13.2 Å². The number of rotatable bonds is 11. The standard InChI is InChI=1S/C29H33BrN2O3/c1-4-16-31-29(34)26(18-23-11-6-5-7-12-23)32(19-24-13-9-14-25(30)17-24)28(33)20-35-27-15-8-10-21(2)22(27)3/h5-15,17,26H,4,16,18-20H2,1-3H3,(H,31,34)/t26-/m0/s1. The van der Waals surface area contributed by atoms with Crippen molar-refractivity contribution in [3.63, 3.8) is 0 Å². The largest absolute Gasteiger partial charge is 0.483 e. The number of carbonyl (C=O) groups excluding carboxylic acids is 2. The monoisotopic (exact) mass is 536 g/mol. The van der Waals surface area contributed by atoms with Crippen LogP contribution in [0.3, 0.4) is 0 Å². The highest BCUT2D eigenvalue weighted by Crippen LogP contribution is 2.22. The van der Waals surface area contributed by atoms with Gasteiger partial charge in [0, 0.05) is 24.0 Å². The Kier molecular flexibility index (Phi) is 9.91. The zero-order chi connectivity index (χ0) is 25.2. The highest BCUT2D eigenvalue weighted by Gasteiger charge is 2.30. The number of hydrogen-bond acceptors (Lipinski definition) is 3. The molecule has 5 nitrogen and oxygen atoms in total. The number of aryl methyl sites for hydroxylation is 1. The van der Waals surface area contributed by atoms with Crippen LogP contribution in [0, 0.1) is 13.8 Å². The average molecular weight is 537 g/mol. The third-order valence-electron chi connectivity index (χ3n) is 5.97. The van der Waals surface area contributed by atoms with E-state index in [-0.39, 0.29) is 18.4 Å². The van der Waals surface area contributed by atoms with Crippen molar-refractivity contribution < 1.29 is 14.3 Å². The smallest absolute Gasteiger partial charge is 0.261 e. The molecule has 6 heteroatoms. The van der Waals surface area contributed by atoms with Crippen LogP contribution in [0.5, 0.6) is 5.75 Å². The van der Waals surface area contributed by atoms with Gasteiger partial charge in [0.15, 0.2) is 6.61 Å². The molecule has 1 atom stereocenters. The summed E-state index contributed by atoms with van der Waals surface area (Å²) in [5.74, 6) is 0.278. The van der Waals surface area contributed by atoms with E-state index in [4.69, 9.17) is 4.74 Å². The van der Waals surface area contributed by atoms with E-state index in [0.717, 1.165) is 33.1 Å². The molecule has 0 radical (unpaired) electrons. The maximum atomic E-state index is 13.6. The predicted octanol–water partition coefficient (Wildman–Crippen LogP) is 5.61. The minimum absolute atomic E-state index is 0.148. The quantitative estimate of drug-likeness (QED) is 0.346. The van der Waals surface area contributed by atoms with Crippen molar-refractivity contribution in [1.82, 2.24) is 10.2 Å². The zero-order valence-corrected chi connectivity index (χ0v) is 22.2. The number of hydrogen-bond donors (Lipinski definition) is 1. The minimum atomic E-state index is -0.669. The highest BCUT2D eigenvalue weighted by atomic mass is 79.9. The van der Waals surface area contributed by atoms with E-state index >= 15 is 0 Å². The first-order chi connectivity index (χ1) is 16.9. The van der Waals surface area contributed by atoms with Gasteiger partial charge in [-0.1, -0.05) is 77.5 Å². The first kappa shape index (κ1) is 26.5. The summed E-state index contributed by atoms with van der Waals surface area (Å²) >= 11 is 3.51. The molecule has 3 rings (SSSR count). The molecule has 1 N–H and O–H groups in total. The Morgan fingerprint density at radius 2 is 1.69 bits per heavy atom. The SMILES string of the molecule is CCCNC(=O)[C@H](Cc1ccccc1)N(Cc1cccc(Br)c1)C(=O)COc1cccc(C)c1C. The van der Waals surface area contributed by atoms with Crippen LogP contribution in [-0.2, 0) is 22.6 Å². The van der Waals surface area contributed by atoms with E-state index in [9.17, 15) is 9.59 Å². The van der Waals surface area contributed by atoms with Crippen LogP contribution in [0.2, 0.25) is 0 Å². The Bertz CT molecular complexity index is 1130. The predicted molar refractivity (Wildman–Crippen MR) is 143 cm³/mol. The molecular formula is C29H33BrN2O3. The number of amides is 2. The summed E-state index contributed by atoms with van der Waals surface area (Å²) in [6.45, 7) is 6.70. The molecule has 0 saturated heterocycles. The number of nitrogens with zero attached hydrogens (tertiary/aromatic N) is 1. The number of halogens is 1. The van der Waals surface area contributed by atoms with Gasteiger partial charge in [-0.3, -0.25) is 9.59 Å². The number of nitrogens with one attached hydrogen (secondary N) is 1. The van der Waals surface area contributed by atoms with Crippen LogP contribution in [0.4, 0.5) is 0 Å². The van der Waals surface area contributed by atoms with Crippen molar-refractivity contribution in [2.45, 2.75) is 46.2 Å². The van der Waals surface area contributed by atoms with Gasteiger partial charge in [-0.05, 0) is 60.7 Å². The Labute approximate surface area is 216 Å². The topological polar surface area (TPSA) is 58.6 Å². The molecule has 0 aliphatic rings. The van der Waals surface area contributed by atoms with Gasteiger partial charge in [0.25, 0.3) is 5.91 Å². The van der Waals surface area contributed by atoms with Crippen molar-refractivity contribution >= 4 is 27.7 Å². The normalized spacial score (nSPS) is 11.5. The lowest BCUT2D eigenvalue weighted by Gasteiger charge is -2.31. The molecule has 0 aliphatic carbocycles. The zero-order valence-electron chi connectivity index (χ0n) is 20.6. The van der Waals surface area contributed by atoms with E-state index < -0.39 is 6.04 Å². The first-order valence-electron chi connectivity index (χ1n) is 11.9. The van der Waals surface area contributed by atoms with Gasteiger partial charge in [-0.15, -0.1) is 0 Å².